The smallest absolute Gasteiger partial charge is 0.0725 e. The molecule has 2 nitrogen and oxygen atoms in total. The zero-order valence-electron chi connectivity index (χ0n) is 11.2. The molecule has 0 amide bonds. The molecule has 20 heavy (non-hydrogen) atoms. The number of nitrogens with one attached hydrogen (secondary N) is 1. The Bertz CT molecular complexity index is 753. The van der Waals surface area contributed by atoms with Crippen LogP contribution < -0.4 is 5.32 Å². The Labute approximate surface area is 123 Å². The lowest BCUT2D eigenvalue weighted by atomic mass is 10.1. The van der Waals surface area contributed by atoms with E-state index in [1.54, 1.807) is 0 Å². The molecule has 0 aliphatic rings. The first-order valence-electron chi connectivity index (χ1n) is 6.57. The second-order valence-corrected chi connectivity index (χ2v) is 5.25. The molecule has 3 heteroatoms. The van der Waals surface area contributed by atoms with Crippen LogP contribution in [-0.4, -0.2) is 4.98 Å². The number of aryl methyl sites for hydroxylation is 1. The van der Waals surface area contributed by atoms with Crippen molar-refractivity contribution in [1.82, 2.24) is 4.98 Å². The predicted molar refractivity (Wildman–Crippen MR) is 85.3 cm³/mol. The van der Waals surface area contributed by atoms with E-state index < -0.39 is 0 Å². The summed E-state index contributed by atoms with van der Waals surface area (Å²) in [5.74, 6) is 0. The number of anilines is 1. The molecular formula is C17H15ClN2. The van der Waals surface area contributed by atoms with Crippen molar-refractivity contribution in [2.75, 3.05) is 5.32 Å². The topological polar surface area (TPSA) is 24.9 Å². The number of nitrogens with zero attached hydrogens (tertiary/aromatic N) is 1. The van der Waals surface area contributed by atoms with Crippen molar-refractivity contribution >= 4 is 28.2 Å². The Morgan fingerprint density at radius 2 is 1.90 bits per heavy atom. The molecule has 0 saturated carbocycles. The quantitative estimate of drug-likeness (QED) is 0.746. The van der Waals surface area contributed by atoms with Gasteiger partial charge >= 0.3 is 0 Å². The average molecular weight is 283 g/mol. The van der Waals surface area contributed by atoms with Gasteiger partial charge in [-0.3, -0.25) is 4.98 Å². The molecule has 0 spiro atoms. The van der Waals surface area contributed by atoms with E-state index in [4.69, 9.17) is 11.6 Å². The van der Waals surface area contributed by atoms with Crippen molar-refractivity contribution in [2.24, 2.45) is 0 Å². The first kappa shape index (κ1) is 12.9. The number of rotatable bonds is 3. The third-order valence-electron chi connectivity index (χ3n) is 3.22. The number of hydrogen-bond donors (Lipinski definition) is 1. The normalized spacial score (nSPS) is 10.7. The maximum atomic E-state index is 6.01. The largest absolute Gasteiger partial charge is 0.380 e. The number of aromatic nitrogens is 1. The molecule has 0 atom stereocenters. The summed E-state index contributed by atoms with van der Waals surface area (Å²) in [6, 6.07) is 18.1. The van der Waals surface area contributed by atoms with Crippen LogP contribution in [-0.2, 0) is 6.54 Å². The van der Waals surface area contributed by atoms with Crippen LogP contribution >= 0.6 is 11.6 Å². The Balaban J connectivity index is 1.91. The molecule has 100 valence electrons. The van der Waals surface area contributed by atoms with Crippen LogP contribution in [0.5, 0.6) is 0 Å². The molecule has 3 aromatic rings. The highest BCUT2D eigenvalue weighted by Gasteiger charge is 2.03. The van der Waals surface area contributed by atoms with E-state index >= 15 is 0 Å². The van der Waals surface area contributed by atoms with Gasteiger partial charge in [-0.2, -0.15) is 0 Å². The molecule has 2 aromatic carbocycles. The van der Waals surface area contributed by atoms with Gasteiger partial charge in [-0.1, -0.05) is 41.9 Å². The summed E-state index contributed by atoms with van der Waals surface area (Å²) < 4.78 is 0. The van der Waals surface area contributed by atoms with Gasteiger partial charge in [0.15, 0.2) is 0 Å². The van der Waals surface area contributed by atoms with Gasteiger partial charge in [0, 0.05) is 28.3 Å². The Hall–Kier alpha value is -2.06. The number of benzene rings is 2. The predicted octanol–water partition coefficient (Wildman–Crippen LogP) is 4.81. The van der Waals surface area contributed by atoms with Crippen molar-refractivity contribution in [3.63, 3.8) is 0 Å². The summed E-state index contributed by atoms with van der Waals surface area (Å²) in [4.78, 5) is 4.54. The Morgan fingerprint density at radius 1 is 1.05 bits per heavy atom. The molecule has 3 rings (SSSR count). The molecule has 0 saturated heterocycles. The first-order valence-corrected chi connectivity index (χ1v) is 6.95. The fraction of sp³-hybridized carbons (Fsp3) is 0.118. The average Bonchev–Trinajstić information content (AvgIpc) is 2.44. The SMILES string of the molecule is Cc1cc(NCc2cccc(Cl)c2)c2ccccc2n1. The van der Waals surface area contributed by atoms with E-state index in [-0.39, 0.29) is 0 Å². The molecule has 1 aromatic heterocycles. The van der Waals surface area contributed by atoms with Crippen LogP contribution in [0.1, 0.15) is 11.3 Å². The molecule has 1 N–H and O–H groups in total. The fourth-order valence-corrected chi connectivity index (χ4v) is 2.51. The minimum absolute atomic E-state index is 0.744. The third-order valence-corrected chi connectivity index (χ3v) is 3.45. The minimum Gasteiger partial charge on any atom is -0.380 e. The Kier molecular flexibility index (Phi) is 3.57. The number of halogens is 1. The lowest BCUT2D eigenvalue weighted by Crippen LogP contribution is -2.01. The van der Waals surface area contributed by atoms with E-state index in [0.29, 0.717) is 0 Å². The molecule has 1 heterocycles. The van der Waals surface area contributed by atoms with E-state index in [1.807, 2.05) is 43.3 Å². The molecular weight excluding hydrogens is 268 g/mol. The van der Waals surface area contributed by atoms with Crippen molar-refractivity contribution < 1.29 is 0 Å². The van der Waals surface area contributed by atoms with Crippen molar-refractivity contribution in [3.05, 3.63) is 70.9 Å². The van der Waals surface area contributed by atoms with Crippen LogP contribution in [0.3, 0.4) is 0 Å². The number of para-hydroxylation sites is 1. The number of fused-ring (bicyclic) bond motifs is 1. The lowest BCUT2D eigenvalue weighted by molar-refractivity contribution is 1.14. The van der Waals surface area contributed by atoms with Crippen LogP contribution in [0.25, 0.3) is 10.9 Å². The minimum atomic E-state index is 0.744. The van der Waals surface area contributed by atoms with Gasteiger partial charge in [-0.15, -0.1) is 0 Å². The van der Waals surface area contributed by atoms with E-state index in [0.717, 1.165) is 39.4 Å². The van der Waals surface area contributed by atoms with Crippen LogP contribution in [0.2, 0.25) is 5.02 Å². The highest BCUT2D eigenvalue weighted by Crippen LogP contribution is 2.23. The van der Waals surface area contributed by atoms with Crippen LogP contribution in [0, 0.1) is 6.92 Å². The maximum Gasteiger partial charge on any atom is 0.0725 e. The van der Waals surface area contributed by atoms with Gasteiger partial charge < -0.3 is 5.32 Å². The molecule has 0 bridgehead atoms. The number of pyridine rings is 1. The molecule has 0 unspecified atom stereocenters. The highest BCUT2D eigenvalue weighted by atomic mass is 35.5. The zero-order valence-corrected chi connectivity index (χ0v) is 12.0. The van der Waals surface area contributed by atoms with Crippen LogP contribution in [0.15, 0.2) is 54.6 Å². The molecule has 0 fully saturated rings. The van der Waals surface area contributed by atoms with Crippen molar-refractivity contribution in [3.8, 4) is 0 Å². The van der Waals surface area contributed by atoms with Gasteiger partial charge in [-0.05, 0) is 36.8 Å². The first-order chi connectivity index (χ1) is 9.72. The zero-order chi connectivity index (χ0) is 13.9. The van der Waals surface area contributed by atoms with E-state index in [9.17, 15) is 0 Å². The van der Waals surface area contributed by atoms with Gasteiger partial charge in [0.25, 0.3) is 0 Å². The van der Waals surface area contributed by atoms with Gasteiger partial charge in [-0.25, -0.2) is 0 Å². The second-order valence-electron chi connectivity index (χ2n) is 4.81. The monoisotopic (exact) mass is 282 g/mol. The van der Waals surface area contributed by atoms with Crippen molar-refractivity contribution in [1.29, 1.82) is 0 Å². The third kappa shape index (κ3) is 2.75. The summed E-state index contributed by atoms with van der Waals surface area (Å²) >= 11 is 6.01. The molecule has 0 aliphatic heterocycles. The summed E-state index contributed by atoms with van der Waals surface area (Å²) in [6.07, 6.45) is 0. The van der Waals surface area contributed by atoms with Gasteiger partial charge in [0.1, 0.15) is 0 Å². The maximum absolute atomic E-state index is 6.01. The van der Waals surface area contributed by atoms with E-state index in [2.05, 4.69) is 28.5 Å². The van der Waals surface area contributed by atoms with E-state index in [1.165, 1.54) is 0 Å². The Morgan fingerprint density at radius 3 is 2.75 bits per heavy atom. The highest BCUT2D eigenvalue weighted by molar-refractivity contribution is 6.30. The number of hydrogen-bond acceptors (Lipinski definition) is 2. The summed E-state index contributed by atoms with van der Waals surface area (Å²) in [7, 11) is 0. The fourth-order valence-electron chi connectivity index (χ4n) is 2.30. The second kappa shape index (κ2) is 5.51. The van der Waals surface area contributed by atoms with Crippen molar-refractivity contribution in [2.45, 2.75) is 13.5 Å². The van der Waals surface area contributed by atoms with Gasteiger partial charge in [0.05, 0.1) is 5.52 Å². The van der Waals surface area contributed by atoms with Gasteiger partial charge in [0.2, 0.25) is 0 Å². The molecule has 0 aliphatic carbocycles. The summed E-state index contributed by atoms with van der Waals surface area (Å²) in [6.45, 7) is 2.75. The summed E-state index contributed by atoms with van der Waals surface area (Å²) in [5.41, 5.74) is 4.29. The van der Waals surface area contributed by atoms with Crippen LogP contribution in [0.4, 0.5) is 5.69 Å². The lowest BCUT2D eigenvalue weighted by Gasteiger charge is -2.11. The molecule has 0 radical (unpaired) electrons. The summed E-state index contributed by atoms with van der Waals surface area (Å²) in [5, 5.41) is 5.38. The standard InChI is InChI=1S/C17H15ClN2/c1-12-9-17(15-7-2-3-8-16(15)20-12)19-11-13-5-4-6-14(18)10-13/h2-10H,11H2,1H3,(H,19,20).